The van der Waals surface area contributed by atoms with Gasteiger partial charge in [0.25, 0.3) is 10.0 Å². The van der Waals surface area contributed by atoms with Crippen molar-refractivity contribution < 1.29 is 18.5 Å². The van der Waals surface area contributed by atoms with Gasteiger partial charge in [-0.3, -0.25) is 0 Å². The molecular formula is H14O4Si4. The van der Waals surface area contributed by atoms with Gasteiger partial charge in [-0.1, -0.05) is 0 Å². The summed E-state index contributed by atoms with van der Waals surface area (Å²) in [4.78, 5) is 7.83. The standard InChI is InChI=1S/H6O2Si2.H6OSi2.H2O/c1-4-2-3;2-1-3;/h1H,4H2,3H3;2-3H3;1H2. The summed E-state index contributed by atoms with van der Waals surface area (Å²) in [6.45, 7) is 0. The first-order valence-electron chi connectivity index (χ1n) is 1.83. The van der Waals surface area contributed by atoms with Gasteiger partial charge in [0.1, 0.15) is 31.5 Å². The van der Waals surface area contributed by atoms with E-state index >= 15 is 0 Å². The van der Waals surface area contributed by atoms with Crippen molar-refractivity contribution in [3.05, 3.63) is 0 Å². The van der Waals surface area contributed by atoms with Gasteiger partial charge in [0.05, 0.1) is 0 Å². The van der Waals surface area contributed by atoms with Gasteiger partial charge in [0, 0.05) is 0 Å². The lowest BCUT2D eigenvalue weighted by molar-refractivity contribution is 0.478. The van der Waals surface area contributed by atoms with Gasteiger partial charge in [-0.15, -0.1) is 0 Å². The molecule has 0 aliphatic carbocycles. The minimum Gasteiger partial charge on any atom is -0.471 e. The van der Waals surface area contributed by atoms with E-state index in [-0.39, 0.29) is 5.48 Å². The Morgan fingerprint density at radius 2 is 1.38 bits per heavy atom. The predicted octanol–water partition coefficient (Wildman–Crippen LogP) is -5.99. The molecule has 0 heterocycles. The third-order valence-corrected chi connectivity index (χ3v) is 1.16. The highest BCUT2D eigenvalue weighted by Gasteiger charge is 1.56. The van der Waals surface area contributed by atoms with E-state index < -0.39 is 10.0 Å². The quantitative estimate of drug-likeness (QED) is 0.419. The second-order valence-electron chi connectivity index (χ2n) is 0.826. The summed E-state index contributed by atoms with van der Waals surface area (Å²) in [6.07, 6.45) is 0. The first-order valence-corrected chi connectivity index (χ1v) is 5.49. The molecule has 0 fully saturated rings. The number of rotatable bonds is 1. The van der Waals surface area contributed by atoms with Gasteiger partial charge in [0.2, 0.25) is 0 Å². The lowest BCUT2D eigenvalue weighted by Gasteiger charge is -1.75. The van der Waals surface area contributed by atoms with Crippen molar-refractivity contribution in [1.29, 1.82) is 0 Å². The van der Waals surface area contributed by atoms with Crippen LogP contribution in [-0.2, 0) is 8.23 Å². The Kier molecular flexibility index (Phi) is 50.1. The normalized spacial score (nSPS) is 8.62. The fraction of sp³-hybridized carbons (Fsp3) is 0. The van der Waals surface area contributed by atoms with Crippen molar-refractivity contribution >= 4 is 41.5 Å². The molecule has 0 saturated carbocycles. The van der Waals surface area contributed by atoms with Crippen LogP contribution >= 0.6 is 0 Å². The van der Waals surface area contributed by atoms with Crippen molar-refractivity contribution in [1.82, 2.24) is 0 Å². The zero-order valence-corrected chi connectivity index (χ0v) is 12.9. The Balaban J connectivity index is -0.0000000575. The van der Waals surface area contributed by atoms with Crippen molar-refractivity contribution in [2.45, 2.75) is 0 Å². The smallest absolute Gasteiger partial charge is 0.290 e. The fourth-order valence-electron chi connectivity index (χ4n) is 0. The van der Waals surface area contributed by atoms with E-state index in [1.807, 2.05) is 0 Å². The Labute approximate surface area is 60.6 Å². The SMILES string of the molecule is O.O[SiH2]O[SiH3].[SiH3]O[SiH3]. The molecule has 0 aromatic rings. The van der Waals surface area contributed by atoms with Crippen LogP contribution in [0.5, 0.6) is 0 Å². The van der Waals surface area contributed by atoms with Crippen LogP contribution in [0.2, 0.25) is 0 Å². The van der Waals surface area contributed by atoms with E-state index in [9.17, 15) is 0 Å². The molecule has 0 amide bonds. The third-order valence-electron chi connectivity index (χ3n) is 0.129. The Bertz CT molecular complexity index is 15.5. The van der Waals surface area contributed by atoms with Crippen LogP contribution in [0.25, 0.3) is 0 Å². The van der Waals surface area contributed by atoms with Gasteiger partial charge >= 0.3 is 0 Å². The highest BCUT2D eigenvalue weighted by atomic mass is 28.3. The fourth-order valence-corrected chi connectivity index (χ4v) is 0. The molecule has 8 heavy (non-hydrogen) atoms. The first kappa shape index (κ1) is 15.9. The lowest BCUT2D eigenvalue weighted by atomic mass is 15.8. The highest BCUT2D eigenvalue weighted by molar-refractivity contribution is 6.25. The lowest BCUT2D eigenvalue weighted by Crippen LogP contribution is -1.88. The summed E-state index contributed by atoms with van der Waals surface area (Å²) in [5.41, 5.74) is 0. The molecule has 0 spiro atoms. The monoisotopic (exact) mass is 190 g/mol. The molecule has 0 aliphatic heterocycles. The van der Waals surface area contributed by atoms with Crippen molar-refractivity contribution in [3.63, 3.8) is 0 Å². The van der Waals surface area contributed by atoms with E-state index in [4.69, 9.17) is 4.80 Å². The molecule has 0 aromatic heterocycles. The van der Waals surface area contributed by atoms with E-state index in [0.717, 1.165) is 21.0 Å². The Morgan fingerprint density at radius 3 is 1.38 bits per heavy atom. The zero-order chi connectivity index (χ0) is 6.12. The van der Waals surface area contributed by atoms with E-state index in [1.54, 1.807) is 0 Å². The molecule has 0 aromatic carbocycles. The van der Waals surface area contributed by atoms with Gasteiger partial charge in [-0.05, 0) is 0 Å². The summed E-state index contributed by atoms with van der Waals surface area (Å²) in [5, 5.41) is 0. The Hall–Kier alpha value is 0.708. The maximum absolute atomic E-state index is 7.83. The van der Waals surface area contributed by atoms with Crippen LogP contribution in [0.15, 0.2) is 0 Å². The number of hydrogen-bond acceptors (Lipinski definition) is 3. The largest absolute Gasteiger partial charge is 0.471 e. The summed E-state index contributed by atoms with van der Waals surface area (Å²) in [7, 11) is 1.55. The van der Waals surface area contributed by atoms with Gasteiger partial charge in [-0.25, -0.2) is 0 Å². The van der Waals surface area contributed by atoms with E-state index in [2.05, 4.69) is 8.23 Å². The van der Waals surface area contributed by atoms with Gasteiger partial charge in [0.15, 0.2) is 0 Å². The first-order chi connectivity index (χ1) is 3.33. The predicted molar refractivity (Wildman–Crippen MR) is 46.4 cm³/mol. The molecule has 0 radical (unpaired) electrons. The van der Waals surface area contributed by atoms with Crippen LogP contribution in [-0.4, -0.2) is 51.7 Å². The summed E-state index contributed by atoms with van der Waals surface area (Å²) in [6, 6.07) is 0. The van der Waals surface area contributed by atoms with E-state index in [0.29, 0.717) is 10.5 Å². The molecule has 0 atom stereocenters. The molecular weight excluding hydrogens is 176 g/mol. The zero-order valence-electron chi connectivity index (χ0n) is 5.47. The van der Waals surface area contributed by atoms with Gasteiger partial charge < -0.3 is 18.5 Å². The molecule has 3 N–H and O–H groups in total. The molecule has 0 aliphatic rings. The maximum Gasteiger partial charge on any atom is 0.290 e. The van der Waals surface area contributed by atoms with Gasteiger partial charge in [-0.2, -0.15) is 0 Å². The summed E-state index contributed by atoms with van der Waals surface area (Å²) in [5.74, 6) is 0. The summed E-state index contributed by atoms with van der Waals surface area (Å²) < 4.78 is 8.90. The average Bonchev–Trinajstić information content (AvgIpc) is 1.69. The molecule has 54 valence electrons. The van der Waals surface area contributed by atoms with Crippen LogP contribution in [0, 0.1) is 0 Å². The molecule has 0 rings (SSSR count). The second-order valence-corrected chi connectivity index (χ2v) is 6.66. The summed E-state index contributed by atoms with van der Waals surface area (Å²) >= 11 is 0. The van der Waals surface area contributed by atoms with Crippen molar-refractivity contribution in [2.75, 3.05) is 0 Å². The topological polar surface area (TPSA) is 70.2 Å². The van der Waals surface area contributed by atoms with Crippen LogP contribution in [0.1, 0.15) is 0 Å². The molecule has 8 heteroatoms. The molecule has 0 bridgehead atoms. The van der Waals surface area contributed by atoms with Crippen LogP contribution in [0.4, 0.5) is 0 Å². The number of hydrogen-bond donors (Lipinski definition) is 1. The molecule has 0 saturated heterocycles. The van der Waals surface area contributed by atoms with Crippen molar-refractivity contribution in [3.8, 4) is 0 Å². The maximum atomic E-state index is 7.83. The Morgan fingerprint density at radius 1 is 1.25 bits per heavy atom. The van der Waals surface area contributed by atoms with Crippen molar-refractivity contribution in [2.24, 2.45) is 0 Å². The minimum atomic E-state index is -1.01. The minimum absolute atomic E-state index is 0. The highest BCUT2D eigenvalue weighted by Crippen LogP contribution is 1.37. The molecule has 4 nitrogen and oxygen atoms in total. The third kappa shape index (κ3) is 74.9. The van der Waals surface area contributed by atoms with E-state index in [1.165, 1.54) is 0 Å². The van der Waals surface area contributed by atoms with Crippen LogP contribution in [0.3, 0.4) is 0 Å². The average molecular weight is 190 g/mol. The van der Waals surface area contributed by atoms with Crippen LogP contribution < -0.4 is 0 Å². The molecule has 0 unspecified atom stereocenters. The second kappa shape index (κ2) is 25.2.